The van der Waals surface area contributed by atoms with Gasteiger partial charge in [0.2, 0.25) is 0 Å². The molecule has 0 heterocycles. The maximum absolute atomic E-state index is 9.01. The summed E-state index contributed by atoms with van der Waals surface area (Å²) in [5.41, 5.74) is 0.550. The van der Waals surface area contributed by atoms with Gasteiger partial charge in [-0.3, -0.25) is 0 Å². The maximum Gasteiger partial charge on any atom is 0.138 e. The highest BCUT2D eigenvalue weighted by Crippen LogP contribution is 2.25. The smallest absolute Gasteiger partial charge is 0.138 e. The molecule has 0 aromatic heterocycles. The molecule has 0 N–H and O–H groups in total. The van der Waals surface area contributed by atoms with Crippen LogP contribution in [-0.4, -0.2) is 0 Å². The number of hydrogen-bond donors (Lipinski definition) is 0. The van der Waals surface area contributed by atoms with Crippen molar-refractivity contribution in [1.82, 2.24) is 0 Å². The Balaban J connectivity index is 3.62. The van der Waals surface area contributed by atoms with E-state index in [4.69, 9.17) is 21.0 Å². The molecule has 0 saturated heterocycles. The first kappa shape index (κ1) is 12.7. The Morgan fingerprint density at radius 2 is 1.50 bits per heavy atom. The van der Waals surface area contributed by atoms with Crippen LogP contribution in [-0.2, 0) is 0 Å². The summed E-state index contributed by atoms with van der Waals surface area (Å²) in [5.74, 6) is 0. The fourth-order valence-electron chi connectivity index (χ4n) is 1.40. The van der Waals surface area contributed by atoms with E-state index in [-0.39, 0.29) is 16.7 Å². The molecular weight excluding hydrogens is 224 g/mol. The third-order valence-corrected chi connectivity index (χ3v) is 2.13. The minimum Gasteiger partial charge on any atom is -0.193 e. The first-order valence-electron chi connectivity index (χ1n) is 4.88. The number of nitriles is 4. The van der Waals surface area contributed by atoms with Gasteiger partial charge in [-0.05, 0) is 5.56 Å². The number of benzene rings is 1. The molecule has 4 nitrogen and oxygen atoms in total. The predicted molar refractivity (Wildman–Crippen MR) is 63.9 cm³/mol. The van der Waals surface area contributed by atoms with Gasteiger partial charge in [0.1, 0.15) is 23.8 Å². The van der Waals surface area contributed by atoms with Gasteiger partial charge in [-0.15, -0.1) is 0 Å². The molecule has 0 unspecified atom stereocenters. The molecule has 0 spiro atoms. The van der Waals surface area contributed by atoms with Crippen LogP contribution in [0.2, 0.25) is 0 Å². The van der Waals surface area contributed by atoms with E-state index in [0.717, 1.165) is 6.08 Å². The molecular formula is C14H6N4. The van der Waals surface area contributed by atoms with E-state index in [0.29, 0.717) is 5.56 Å². The van der Waals surface area contributed by atoms with E-state index < -0.39 is 0 Å². The molecule has 0 atom stereocenters. The molecule has 18 heavy (non-hydrogen) atoms. The van der Waals surface area contributed by atoms with Gasteiger partial charge in [0, 0.05) is 11.6 Å². The summed E-state index contributed by atoms with van der Waals surface area (Å²) in [5, 5.41) is 35.5. The van der Waals surface area contributed by atoms with Crippen molar-refractivity contribution in [1.29, 1.82) is 21.0 Å². The first-order valence-corrected chi connectivity index (χ1v) is 4.88. The summed E-state index contributed by atoms with van der Waals surface area (Å²) in [7, 11) is 0. The Labute approximate surface area is 105 Å². The van der Waals surface area contributed by atoms with Gasteiger partial charge >= 0.3 is 0 Å². The fourth-order valence-corrected chi connectivity index (χ4v) is 1.40. The molecule has 0 aliphatic heterocycles. The van der Waals surface area contributed by atoms with Crippen molar-refractivity contribution in [2.45, 2.75) is 0 Å². The van der Waals surface area contributed by atoms with Crippen molar-refractivity contribution >= 4 is 5.57 Å². The highest BCUT2D eigenvalue weighted by Gasteiger charge is 2.13. The molecule has 0 bridgehead atoms. The molecule has 0 aliphatic carbocycles. The average Bonchev–Trinajstić information content (AvgIpc) is 2.43. The summed E-state index contributed by atoms with van der Waals surface area (Å²) in [6.45, 7) is 0. The average molecular weight is 230 g/mol. The third-order valence-electron chi connectivity index (χ3n) is 2.13. The van der Waals surface area contributed by atoms with Crippen LogP contribution in [0.3, 0.4) is 0 Å². The van der Waals surface area contributed by atoms with E-state index in [1.54, 1.807) is 48.5 Å². The van der Waals surface area contributed by atoms with Crippen molar-refractivity contribution in [2.24, 2.45) is 0 Å². The van der Waals surface area contributed by atoms with E-state index in [1.165, 1.54) is 0 Å². The molecule has 0 radical (unpaired) electrons. The largest absolute Gasteiger partial charge is 0.193 e. The van der Waals surface area contributed by atoms with E-state index in [2.05, 4.69) is 0 Å². The summed E-state index contributed by atoms with van der Waals surface area (Å²) < 4.78 is 0. The van der Waals surface area contributed by atoms with Crippen molar-refractivity contribution in [3.63, 3.8) is 0 Å². The molecule has 1 aromatic rings. The van der Waals surface area contributed by atoms with Crippen LogP contribution in [0.15, 0.2) is 47.6 Å². The standard InChI is InChI=1S/C14H6N4/c15-7-6-12(8-16)14(13(9-17)10-18)11-4-2-1-3-5-11/h1-6H. The lowest BCUT2D eigenvalue weighted by atomic mass is 9.94. The Morgan fingerprint density at radius 3 is 1.94 bits per heavy atom. The van der Waals surface area contributed by atoms with Crippen LogP contribution in [0.25, 0.3) is 5.57 Å². The lowest BCUT2D eigenvalue weighted by Gasteiger charge is -2.05. The van der Waals surface area contributed by atoms with E-state index in [9.17, 15) is 0 Å². The first-order chi connectivity index (χ1) is 8.78. The lowest BCUT2D eigenvalue weighted by Crippen LogP contribution is -1.92. The van der Waals surface area contributed by atoms with Crippen LogP contribution >= 0.6 is 0 Å². The number of hydrogen-bond acceptors (Lipinski definition) is 4. The Morgan fingerprint density at radius 1 is 0.889 bits per heavy atom. The number of nitrogens with zero attached hydrogens (tertiary/aromatic N) is 4. The van der Waals surface area contributed by atoms with Crippen molar-refractivity contribution in [2.75, 3.05) is 0 Å². The van der Waals surface area contributed by atoms with Gasteiger partial charge in [-0.2, -0.15) is 21.0 Å². The van der Waals surface area contributed by atoms with Gasteiger partial charge in [-0.1, -0.05) is 30.3 Å². The quantitative estimate of drug-likeness (QED) is 0.575. The second-order valence-corrected chi connectivity index (χ2v) is 3.14. The lowest BCUT2D eigenvalue weighted by molar-refractivity contribution is 1.43. The van der Waals surface area contributed by atoms with Crippen LogP contribution in [0.5, 0.6) is 0 Å². The Bertz CT molecular complexity index is 652. The Hall–Kier alpha value is -3.34. The molecule has 4 heteroatoms. The highest BCUT2D eigenvalue weighted by atomic mass is 14.3. The van der Waals surface area contributed by atoms with Crippen molar-refractivity contribution < 1.29 is 0 Å². The predicted octanol–water partition coefficient (Wildman–Crippen LogP) is 2.46. The molecule has 0 fully saturated rings. The van der Waals surface area contributed by atoms with Crippen LogP contribution in [0.1, 0.15) is 5.56 Å². The van der Waals surface area contributed by atoms with Gasteiger partial charge in [-0.25, -0.2) is 0 Å². The van der Waals surface area contributed by atoms with Gasteiger partial charge in [0.15, 0.2) is 0 Å². The SMILES string of the molecule is N#CC=C(C#N)C(=C(C#N)C#N)c1ccccc1. The Kier molecular flexibility index (Phi) is 4.45. The summed E-state index contributed by atoms with van der Waals surface area (Å²) >= 11 is 0. The minimum atomic E-state index is -0.191. The highest BCUT2D eigenvalue weighted by molar-refractivity contribution is 5.89. The van der Waals surface area contributed by atoms with Crippen LogP contribution in [0.4, 0.5) is 0 Å². The van der Waals surface area contributed by atoms with Gasteiger partial charge in [0.05, 0.1) is 11.6 Å². The number of allylic oxidation sites excluding steroid dienone is 4. The topological polar surface area (TPSA) is 95.2 Å². The molecule has 0 amide bonds. The molecule has 82 valence electrons. The second kappa shape index (κ2) is 6.29. The van der Waals surface area contributed by atoms with Crippen molar-refractivity contribution in [3.05, 3.63) is 53.1 Å². The summed E-state index contributed by atoms with van der Waals surface area (Å²) in [6.07, 6.45) is 1.02. The zero-order valence-corrected chi connectivity index (χ0v) is 9.25. The summed E-state index contributed by atoms with van der Waals surface area (Å²) in [6, 6.07) is 15.6. The van der Waals surface area contributed by atoms with Gasteiger partial charge < -0.3 is 0 Å². The maximum atomic E-state index is 9.01. The zero-order valence-electron chi connectivity index (χ0n) is 9.25. The normalized spacial score (nSPS) is 9.22. The van der Waals surface area contributed by atoms with E-state index in [1.807, 2.05) is 6.07 Å². The number of rotatable bonds is 2. The molecule has 1 aromatic carbocycles. The molecule has 0 saturated carbocycles. The van der Waals surface area contributed by atoms with E-state index >= 15 is 0 Å². The fraction of sp³-hybridized carbons (Fsp3) is 0. The van der Waals surface area contributed by atoms with Crippen molar-refractivity contribution in [3.8, 4) is 24.3 Å². The monoisotopic (exact) mass is 230 g/mol. The third kappa shape index (κ3) is 2.61. The second-order valence-electron chi connectivity index (χ2n) is 3.14. The van der Waals surface area contributed by atoms with Gasteiger partial charge in [0.25, 0.3) is 0 Å². The summed E-state index contributed by atoms with van der Waals surface area (Å²) in [4.78, 5) is 0. The molecule has 0 aliphatic rings. The van der Waals surface area contributed by atoms with Crippen LogP contribution < -0.4 is 0 Å². The zero-order chi connectivity index (χ0) is 13.4. The minimum absolute atomic E-state index is 0.00167. The molecule has 1 rings (SSSR count). The van der Waals surface area contributed by atoms with Crippen LogP contribution in [0, 0.1) is 45.3 Å².